The minimum Gasteiger partial charge on any atom is -0.545 e. The lowest BCUT2D eigenvalue weighted by Gasteiger charge is -2.26. The van der Waals surface area contributed by atoms with E-state index in [1.54, 1.807) is 0 Å². The van der Waals surface area contributed by atoms with Gasteiger partial charge in [0, 0.05) is 12.8 Å². The van der Waals surface area contributed by atoms with E-state index in [1.807, 2.05) is 21.1 Å². The molecular weight excluding hydrogens is 863 g/mol. The number of rotatable bonds is 52. The normalized spacial score (nSPS) is 13.2. The Balaban J connectivity index is 4.26. The van der Waals surface area contributed by atoms with Gasteiger partial charge in [-0.1, -0.05) is 209 Å². The van der Waals surface area contributed by atoms with Gasteiger partial charge in [0.15, 0.2) is 12.4 Å². The van der Waals surface area contributed by atoms with Crippen molar-refractivity contribution in [1.29, 1.82) is 0 Å². The number of quaternary nitrogens is 1. The minimum absolute atomic E-state index is 0.143. The van der Waals surface area contributed by atoms with Crippen molar-refractivity contribution in [2.75, 3.05) is 47.5 Å². The molecule has 0 rings (SSSR count). The van der Waals surface area contributed by atoms with E-state index in [4.69, 9.17) is 18.9 Å². The predicted molar refractivity (Wildman–Crippen MR) is 288 cm³/mol. The number of ether oxygens (including phenoxy) is 4. The van der Waals surface area contributed by atoms with E-state index in [0.29, 0.717) is 17.4 Å². The Labute approximate surface area is 425 Å². The molecule has 0 aromatic heterocycles. The third-order valence-electron chi connectivity index (χ3n) is 12.2. The predicted octanol–water partition coefficient (Wildman–Crippen LogP) is 15.1. The van der Waals surface area contributed by atoms with E-state index in [0.717, 1.165) is 77.0 Å². The summed E-state index contributed by atoms with van der Waals surface area (Å²) in [5.41, 5.74) is 0. The molecular formula is C60H107NO8. The molecule has 400 valence electrons. The van der Waals surface area contributed by atoms with Crippen molar-refractivity contribution >= 4 is 17.9 Å². The van der Waals surface area contributed by atoms with Crippen LogP contribution in [-0.4, -0.2) is 82.3 Å². The molecule has 0 saturated carbocycles. The summed E-state index contributed by atoms with van der Waals surface area (Å²) in [5.74, 6) is -2.30. The van der Waals surface area contributed by atoms with Crippen LogP contribution in [-0.2, 0) is 33.3 Å². The average Bonchev–Trinajstić information content (AvgIpc) is 3.31. The second-order valence-electron chi connectivity index (χ2n) is 20.2. The van der Waals surface area contributed by atoms with Gasteiger partial charge in [0.25, 0.3) is 0 Å². The second-order valence-corrected chi connectivity index (χ2v) is 20.2. The number of aliphatic carboxylic acids is 1. The molecule has 0 aliphatic carbocycles. The number of nitrogens with zero attached hydrogens (tertiary/aromatic N) is 1. The summed E-state index contributed by atoms with van der Waals surface area (Å²) in [6, 6.07) is 0. The van der Waals surface area contributed by atoms with E-state index < -0.39 is 24.3 Å². The smallest absolute Gasteiger partial charge is 0.306 e. The largest absolute Gasteiger partial charge is 0.545 e. The lowest BCUT2D eigenvalue weighted by Crippen LogP contribution is -2.44. The molecule has 2 unspecified atom stereocenters. The summed E-state index contributed by atoms with van der Waals surface area (Å²) >= 11 is 0. The van der Waals surface area contributed by atoms with Crippen LogP contribution in [0.25, 0.3) is 0 Å². The first kappa shape index (κ1) is 66.0. The van der Waals surface area contributed by atoms with Gasteiger partial charge in [0.05, 0.1) is 40.3 Å². The van der Waals surface area contributed by atoms with Crippen LogP contribution in [0.4, 0.5) is 0 Å². The molecule has 0 bridgehead atoms. The SMILES string of the molecule is CCCCC/C=C\C/C=C\C/C=C\CCCCCCCCC(=O)OC(COC(=O)CCCCCCCCCCCCCCC/C=C\C/C=C\CCCCCCC)COC(OCC[N+](C)(C)C)C(=O)[O-]. The summed E-state index contributed by atoms with van der Waals surface area (Å²) in [6.07, 6.45) is 61.2. The first-order chi connectivity index (χ1) is 33.6. The van der Waals surface area contributed by atoms with Crippen LogP contribution in [0.3, 0.4) is 0 Å². The molecule has 0 aromatic carbocycles. The number of carboxylic acid groups (broad SMARTS) is 1. The molecule has 0 aliphatic rings. The van der Waals surface area contributed by atoms with Crippen molar-refractivity contribution in [3.05, 3.63) is 60.8 Å². The number of carboxylic acids is 1. The zero-order chi connectivity index (χ0) is 50.6. The van der Waals surface area contributed by atoms with Crippen LogP contribution in [0.1, 0.15) is 245 Å². The van der Waals surface area contributed by atoms with Crippen molar-refractivity contribution in [3.63, 3.8) is 0 Å². The quantitative estimate of drug-likeness (QED) is 0.0195. The van der Waals surface area contributed by atoms with Gasteiger partial charge in [0.2, 0.25) is 0 Å². The zero-order valence-electron chi connectivity index (χ0n) is 45.4. The molecule has 0 aromatic rings. The molecule has 69 heavy (non-hydrogen) atoms. The Morgan fingerprint density at radius 1 is 0.435 bits per heavy atom. The molecule has 9 nitrogen and oxygen atoms in total. The Hall–Kier alpha value is -3.01. The fraction of sp³-hybridized carbons (Fsp3) is 0.783. The number of allylic oxidation sites excluding steroid dienone is 10. The first-order valence-electron chi connectivity index (χ1n) is 28.4. The lowest BCUT2D eigenvalue weighted by molar-refractivity contribution is -0.870. The average molecular weight is 971 g/mol. The zero-order valence-corrected chi connectivity index (χ0v) is 45.4. The van der Waals surface area contributed by atoms with Crippen molar-refractivity contribution in [1.82, 2.24) is 0 Å². The highest BCUT2D eigenvalue weighted by Gasteiger charge is 2.22. The number of carbonyl (C=O) groups is 3. The molecule has 0 amide bonds. The summed E-state index contributed by atoms with van der Waals surface area (Å²) in [5, 5.41) is 11.8. The van der Waals surface area contributed by atoms with Crippen molar-refractivity contribution < 1.29 is 42.9 Å². The molecule has 2 atom stereocenters. The topological polar surface area (TPSA) is 111 Å². The van der Waals surface area contributed by atoms with Crippen LogP contribution >= 0.6 is 0 Å². The third kappa shape index (κ3) is 52.6. The van der Waals surface area contributed by atoms with E-state index in [1.165, 1.54) is 135 Å². The van der Waals surface area contributed by atoms with Gasteiger partial charge < -0.3 is 33.3 Å². The van der Waals surface area contributed by atoms with Gasteiger partial charge in [-0.2, -0.15) is 0 Å². The van der Waals surface area contributed by atoms with E-state index in [2.05, 4.69) is 74.6 Å². The Kier molecular flexibility index (Phi) is 49.1. The van der Waals surface area contributed by atoms with Gasteiger partial charge in [-0.25, -0.2) is 0 Å². The maximum Gasteiger partial charge on any atom is 0.306 e. The number of hydrogen-bond donors (Lipinski definition) is 0. The summed E-state index contributed by atoms with van der Waals surface area (Å²) < 4.78 is 22.7. The van der Waals surface area contributed by atoms with E-state index in [-0.39, 0.29) is 38.6 Å². The fourth-order valence-electron chi connectivity index (χ4n) is 7.81. The number of hydrogen-bond acceptors (Lipinski definition) is 8. The van der Waals surface area contributed by atoms with E-state index >= 15 is 0 Å². The Morgan fingerprint density at radius 3 is 1.19 bits per heavy atom. The van der Waals surface area contributed by atoms with Crippen molar-refractivity contribution in [2.24, 2.45) is 0 Å². The molecule has 9 heteroatoms. The number of likely N-dealkylation sites (N-methyl/N-ethyl adjacent to an activating group) is 1. The van der Waals surface area contributed by atoms with Gasteiger partial charge in [0.1, 0.15) is 13.2 Å². The van der Waals surface area contributed by atoms with Gasteiger partial charge in [-0.15, -0.1) is 0 Å². The Bertz CT molecular complexity index is 1310. The first-order valence-corrected chi connectivity index (χ1v) is 28.4. The molecule has 0 aliphatic heterocycles. The lowest BCUT2D eigenvalue weighted by atomic mass is 10.0. The number of unbranched alkanes of at least 4 members (excludes halogenated alkanes) is 27. The van der Waals surface area contributed by atoms with Crippen molar-refractivity contribution in [2.45, 2.75) is 257 Å². The molecule has 0 spiro atoms. The molecule has 0 N–H and O–H groups in total. The Morgan fingerprint density at radius 2 is 0.783 bits per heavy atom. The standard InChI is InChI=1S/C60H107NO8/c1-6-8-10-12-14-16-18-20-22-24-26-27-28-29-30-31-33-34-36-38-40-42-44-46-48-50-57(62)67-54-56(55-68-60(59(64)65)66-53-52-61(3,4)5)69-58(63)51-49-47-45-43-41-39-37-35-32-25-23-21-19-17-15-13-11-9-7-2/h15,17-18,20-21,23-24,26,32,35,56,60H,6-14,16,19,22,25,27-31,33-34,36-55H2,1-5H3/b17-15-,20-18-,23-21-,26-24-,35-32-. The van der Waals surface area contributed by atoms with Crippen molar-refractivity contribution in [3.8, 4) is 0 Å². The van der Waals surface area contributed by atoms with Crippen LogP contribution in [0.2, 0.25) is 0 Å². The molecule has 0 radical (unpaired) electrons. The number of carbonyl (C=O) groups excluding carboxylic acids is 3. The summed E-state index contributed by atoms with van der Waals surface area (Å²) in [6.45, 7) is 4.71. The highest BCUT2D eigenvalue weighted by atomic mass is 16.7. The van der Waals surface area contributed by atoms with Gasteiger partial charge in [-0.05, 0) is 83.5 Å². The van der Waals surface area contributed by atoms with Crippen LogP contribution < -0.4 is 5.11 Å². The minimum atomic E-state index is -1.63. The van der Waals surface area contributed by atoms with Gasteiger partial charge in [-0.3, -0.25) is 9.59 Å². The monoisotopic (exact) mass is 970 g/mol. The maximum absolute atomic E-state index is 12.8. The van der Waals surface area contributed by atoms with Gasteiger partial charge >= 0.3 is 11.9 Å². The van der Waals surface area contributed by atoms with Crippen LogP contribution in [0.15, 0.2) is 60.8 Å². The molecule has 0 saturated heterocycles. The fourth-order valence-corrected chi connectivity index (χ4v) is 7.81. The van der Waals surface area contributed by atoms with Crippen LogP contribution in [0, 0.1) is 0 Å². The van der Waals surface area contributed by atoms with Crippen LogP contribution in [0.5, 0.6) is 0 Å². The van der Waals surface area contributed by atoms with E-state index in [9.17, 15) is 19.5 Å². The molecule has 0 heterocycles. The summed E-state index contributed by atoms with van der Waals surface area (Å²) in [4.78, 5) is 37.3. The highest BCUT2D eigenvalue weighted by Crippen LogP contribution is 2.15. The third-order valence-corrected chi connectivity index (χ3v) is 12.2. The number of esters is 2. The second kappa shape index (κ2) is 51.3. The maximum atomic E-state index is 12.8. The highest BCUT2D eigenvalue weighted by molar-refractivity contribution is 5.70. The molecule has 0 fully saturated rings. The summed E-state index contributed by atoms with van der Waals surface area (Å²) in [7, 11) is 5.91.